The second-order valence-corrected chi connectivity index (χ2v) is 1.67. The second kappa shape index (κ2) is 1.97. The summed E-state index contributed by atoms with van der Waals surface area (Å²) in [7, 11) is 0. The number of halogens is 1. The highest BCUT2D eigenvalue weighted by atomic mass is 19.1. The van der Waals surface area contributed by atoms with Crippen molar-refractivity contribution >= 4 is 6.29 Å². The first-order valence-electron chi connectivity index (χ1n) is 2.41. The van der Waals surface area contributed by atoms with E-state index in [9.17, 15) is 9.18 Å². The van der Waals surface area contributed by atoms with Gasteiger partial charge in [0.15, 0.2) is 6.29 Å². The Morgan fingerprint density at radius 2 is 2.44 bits per heavy atom. The van der Waals surface area contributed by atoms with Crippen molar-refractivity contribution in [2.75, 3.05) is 0 Å². The molecule has 1 aromatic heterocycles. The van der Waals surface area contributed by atoms with Gasteiger partial charge >= 0.3 is 0 Å². The molecule has 1 rings (SSSR count). The van der Waals surface area contributed by atoms with E-state index in [0.29, 0.717) is 6.29 Å². The van der Waals surface area contributed by atoms with Crippen LogP contribution >= 0.6 is 0 Å². The number of aromatic amines is 1. The van der Waals surface area contributed by atoms with Gasteiger partial charge in [0.05, 0.1) is 0 Å². The maximum Gasteiger partial charge on any atom is 0.212 e. The predicted octanol–water partition coefficient (Wildman–Crippen LogP) is 0.670. The highest BCUT2D eigenvalue weighted by Crippen LogP contribution is 2.03. The van der Waals surface area contributed by atoms with Crippen molar-refractivity contribution in [1.29, 1.82) is 0 Å². The van der Waals surface area contributed by atoms with E-state index in [4.69, 9.17) is 0 Å². The van der Waals surface area contributed by atoms with Gasteiger partial charge in [-0.2, -0.15) is 9.49 Å². The van der Waals surface area contributed by atoms with E-state index < -0.39 is 5.95 Å². The molecule has 0 aliphatic carbocycles. The number of rotatable bonds is 1. The number of aromatic nitrogens is 2. The van der Waals surface area contributed by atoms with Gasteiger partial charge in [-0.3, -0.25) is 9.89 Å². The van der Waals surface area contributed by atoms with Gasteiger partial charge in [-0.15, -0.1) is 0 Å². The molecule has 0 aliphatic heterocycles. The number of carbonyl (C=O) groups is 1. The van der Waals surface area contributed by atoms with E-state index in [1.165, 1.54) is 6.92 Å². The van der Waals surface area contributed by atoms with Crippen LogP contribution < -0.4 is 0 Å². The summed E-state index contributed by atoms with van der Waals surface area (Å²) >= 11 is 0. The van der Waals surface area contributed by atoms with Crippen molar-refractivity contribution in [2.24, 2.45) is 0 Å². The van der Waals surface area contributed by atoms with Crippen LogP contribution in [0.3, 0.4) is 0 Å². The van der Waals surface area contributed by atoms with Crippen molar-refractivity contribution in [3.05, 3.63) is 17.2 Å². The van der Waals surface area contributed by atoms with Crippen molar-refractivity contribution in [1.82, 2.24) is 10.2 Å². The molecule has 0 atom stereocenters. The summed E-state index contributed by atoms with van der Waals surface area (Å²) < 4.78 is 12.2. The van der Waals surface area contributed by atoms with Crippen LogP contribution in [0.25, 0.3) is 0 Å². The molecule has 0 spiro atoms. The monoisotopic (exact) mass is 128 g/mol. The first kappa shape index (κ1) is 5.94. The molecule has 1 N–H and O–H groups in total. The maximum absolute atomic E-state index is 12.2. The van der Waals surface area contributed by atoms with Gasteiger partial charge in [-0.25, -0.2) is 0 Å². The van der Waals surface area contributed by atoms with Crippen LogP contribution in [0.15, 0.2) is 0 Å². The number of hydrogen-bond acceptors (Lipinski definition) is 2. The summed E-state index contributed by atoms with van der Waals surface area (Å²) in [5.74, 6) is -0.544. The Hall–Kier alpha value is -1.19. The molecule has 0 radical (unpaired) electrons. The Bertz CT molecular complexity index is 231. The van der Waals surface area contributed by atoms with Crippen molar-refractivity contribution < 1.29 is 9.18 Å². The number of aldehydes is 1. The van der Waals surface area contributed by atoms with E-state index in [1.54, 1.807) is 0 Å². The third-order valence-corrected chi connectivity index (χ3v) is 1.10. The Balaban J connectivity index is 3.18. The molecule has 0 fully saturated rings. The number of nitrogens with one attached hydrogen (secondary N) is 1. The summed E-state index contributed by atoms with van der Waals surface area (Å²) in [4.78, 5) is 9.99. The fraction of sp³-hybridized carbons (Fsp3) is 0.200. The lowest BCUT2D eigenvalue weighted by molar-refractivity contribution is 0.111. The van der Waals surface area contributed by atoms with E-state index in [2.05, 4.69) is 5.10 Å². The number of nitrogens with zero attached hydrogens (tertiary/aromatic N) is 1. The lowest BCUT2D eigenvalue weighted by Crippen LogP contribution is -1.81. The molecular weight excluding hydrogens is 123 g/mol. The van der Waals surface area contributed by atoms with Crippen LogP contribution in [0.5, 0.6) is 0 Å². The number of hydrogen-bond donors (Lipinski definition) is 1. The Labute approximate surface area is 50.9 Å². The molecule has 0 aliphatic rings. The van der Waals surface area contributed by atoms with Gasteiger partial charge in [-0.05, 0) is 6.92 Å². The van der Waals surface area contributed by atoms with Crippen molar-refractivity contribution in [3.8, 4) is 0 Å². The minimum absolute atomic E-state index is 0.132. The van der Waals surface area contributed by atoms with Crippen LogP contribution in [0.4, 0.5) is 4.39 Å². The molecule has 0 bridgehead atoms. The summed E-state index contributed by atoms with van der Waals surface area (Å²) in [6, 6.07) is 0. The highest BCUT2D eigenvalue weighted by Gasteiger charge is 2.04. The van der Waals surface area contributed by atoms with Crippen LogP contribution in [-0.2, 0) is 0 Å². The maximum atomic E-state index is 12.2. The minimum atomic E-state index is -0.544. The fourth-order valence-electron chi connectivity index (χ4n) is 0.504. The quantitative estimate of drug-likeness (QED) is 0.565. The SMILES string of the molecule is Cc1c(C=O)n[nH]c1F. The van der Waals surface area contributed by atoms with Crippen molar-refractivity contribution in [3.63, 3.8) is 0 Å². The van der Waals surface area contributed by atoms with Gasteiger partial charge in [0, 0.05) is 5.56 Å². The minimum Gasteiger partial charge on any atom is -0.296 e. The largest absolute Gasteiger partial charge is 0.296 e. The normalized spacial score (nSPS) is 9.56. The third kappa shape index (κ3) is 0.826. The zero-order chi connectivity index (χ0) is 6.85. The Morgan fingerprint density at radius 3 is 2.67 bits per heavy atom. The molecule has 1 heterocycles. The van der Waals surface area contributed by atoms with E-state index in [-0.39, 0.29) is 11.3 Å². The lowest BCUT2D eigenvalue weighted by Gasteiger charge is -1.79. The van der Waals surface area contributed by atoms with Gasteiger partial charge < -0.3 is 0 Å². The Morgan fingerprint density at radius 1 is 1.78 bits per heavy atom. The summed E-state index contributed by atoms with van der Waals surface area (Å²) in [5, 5.41) is 5.41. The molecule has 0 saturated heterocycles. The Kier molecular flexibility index (Phi) is 1.30. The van der Waals surface area contributed by atoms with Crippen molar-refractivity contribution in [2.45, 2.75) is 6.92 Å². The summed E-state index contributed by atoms with van der Waals surface area (Å²) in [5.41, 5.74) is 0.400. The van der Waals surface area contributed by atoms with E-state index in [0.717, 1.165) is 0 Å². The summed E-state index contributed by atoms with van der Waals surface area (Å²) in [6.07, 6.45) is 0.509. The number of carbonyl (C=O) groups excluding carboxylic acids is 1. The topological polar surface area (TPSA) is 45.8 Å². The smallest absolute Gasteiger partial charge is 0.212 e. The molecule has 3 nitrogen and oxygen atoms in total. The molecule has 0 aromatic carbocycles. The molecule has 0 amide bonds. The molecule has 4 heteroatoms. The number of H-pyrrole nitrogens is 1. The standard InChI is InChI=1S/C5H5FN2O/c1-3-4(2-9)7-8-5(3)6/h2H,1H3,(H,7,8). The predicted molar refractivity (Wildman–Crippen MR) is 28.7 cm³/mol. The molecule has 9 heavy (non-hydrogen) atoms. The van der Waals surface area contributed by atoms with Gasteiger partial charge in [-0.1, -0.05) is 0 Å². The van der Waals surface area contributed by atoms with Gasteiger partial charge in [0.2, 0.25) is 5.95 Å². The molecule has 48 valence electrons. The van der Waals surface area contributed by atoms with E-state index in [1.807, 2.05) is 5.10 Å². The fourth-order valence-corrected chi connectivity index (χ4v) is 0.504. The van der Waals surface area contributed by atoms with E-state index >= 15 is 0 Å². The first-order chi connectivity index (χ1) is 4.25. The zero-order valence-electron chi connectivity index (χ0n) is 4.81. The van der Waals surface area contributed by atoms with Crippen LogP contribution in [0, 0.1) is 12.9 Å². The van der Waals surface area contributed by atoms with Crippen LogP contribution in [0.2, 0.25) is 0 Å². The van der Waals surface area contributed by atoms with Gasteiger partial charge in [0.1, 0.15) is 5.69 Å². The highest BCUT2D eigenvalue weighted by molar-refractivity contribution is 5.73. The molecule has 1 aromatic rings. The van der Waals surface area contributed by atoms with Crippen LogP contribution in [0.1, 0.15) is 16.1 Å². The molecule has 0 unspecified atom stereocenters. The lowest BCUT2D eigenvalue weighted by atomic mass is 10.3. The zero-order valence-corrected chi connectivity index (χ0v) is 4.81. The summed E-state index contributed by atoms with van der Waals surface area (Å²) in [6.45, 7) is 1.49. The average Bonchev–Trinajstić information content (AvgIpc) is 2.15. The van der Waals surface area contributed by atoms with Crippen LogP contribution in [-0.4, -0.2) is 16.5 Å². The second-order valence-electron chi connectivity index (χ2n) is 1.67. The average molecular weight is 128 g/mol. The first-order valence-corrected chi connectivity index (χ1v) is 2.41. The third-order valence-electron chi connectivity index (χ3n) is 1.10. The van der Waals surface area contributed by atoms with Gasteiger partial charge in [0.25, 0.3) is 0 Å². The molecule has 0 saturated carbocycles. The molecular formula is C5H5FN2O.